The minimum atomic E-state index is -0.365. The monoisotopic (exact) mass is 333 g/mol. The molecule has 2 aliphatic rings. The molecule has 0 saturated carbocycles. The Hall–Kier alpha value is -1.92. The average molecular weight is 333 g/mol. The van der Waals surface area contributed by atoms with Gasteiger partial charge < -0.3 is 9.80 Å². The number of piperazine rings is 1. The second kappa shape index (κ2) is 6.53. The molecular weight excluding hydrogens is 306 g/mol. The number of carbonyl (C=O) groups excluding carboxylic acids is 2. The molecule has 1 aromatic rings. The number of fused-ring (bicyclic) bond motifs is 1. The molecule has 132 valence electrons. The van der Waals surface area contributed by atoms with Crippen LogP contribution in [0.4, 0.5) is 0 Å². The zero-order chi connectivity index (χ0) is 17.4. The van der Waals surface area contributed by atoms with E-state index < -0.39 is 0 Å². The molecule has 0 bridgehead atoms. The van der Waals surface area contributed by atoms with Gasteiger partial charge in [0.15, 0.2) is 0 Å². The van der Waals surface area contributed by atoms with Gasteiger partial charge in [-0.25, -0.2) is 0 Å². The highest BCUT2D eigenvalue weighted by Crippen LogP contribution is 2.26. The van der Waals surface area contributed by atoms with Gasteiger partial charge >= 0.3 is 0 Å². The summed E-state index contributed by atoms with van der Waals surface area (Å²) < 4.78 is 1.77. The van der Waals surface area contributed by atoms with Crippen LogP contribution in [0.3, 0.4) is 0 Å². The molecule has 1 fully saturated rings. The maximum atomic E-state index is 13.0. The zero-order valence-electron chi connectivity index (χ0n) is 15.0. The van der Waals surface area contributed by atoms with Gasteiger partial charge in [0.25, 0.3) is 0 Å². The Balaban J connectivity index is 1.68. The summed E-state index contributed by atoms with van der Waals surface area (Å²) >= 11 is 0. The Morgan fingerprint density at radius 2 is 2.08 bits per heavy atom. The summed E-state index contributed by atoms with van der Waals surface area (Å²) in [6.45, 7) is 8.10. The van der Waals surface area contributed by atoms with Crippen LogP contribution < -0.4 is 0 Å². The summed E-state index contributed by atoms with van der Waals surface area (Å²) in [6.07, 6.45) is 2.25. The van der Waals surface area contributed by atoms with Gasteiger partial charge in [-0.1, -0.05) is 19.1 Å². The van der Waals surface area contributed by atoms with Crippen molar-refractivity contribution >= 4 is 11.8 Å². The Morgan fingerprint density at radius 3 is 2.79 bits per heavy atom. The maximum absolute atomic E-state index is 13.0. The molecule has 3 rings (SSSR count). The SMILES string of the molecule is CC(C)CN1CCN(C(=O)C2CCc3nnn(C)c3C2)C(C)C1=O. The van der Waals surface area contributed by atoms with Crippen LogP contribution in [0, 0.1) is 11.8 Å². The highest BCUT2D eigenvalue weighted by atomic mass is 16.2. The fourth-order valence-corrected chi connectivity index (χ4v) is 3.81. The van der Waals surface area contributed by atoms with Gasteiger partial charge in [-0.05, 0) is 25.7 Å². The van der Waals surface area contributed by atoms with Crippen LogP contribution in [0.15, 0.2) is 0 Å². The van der Waals surface area contributed by atoms with Crippen molar-refractivity contribution in [3.63, 3.8) is 0 Å². The molecule has 0 spiro atoms. The van der Waals surface area contributed by atoms with Crippen molar-refractivity contribution in [1.29, 1.82) is 0 Å². The van der Waals surface area contributed by atoms with Crippen molar-refractivity contribution in [1.82, 2.24) is 24.8 Å². The van der Waals surface area contributed by atoms with Crippen LogP contribution >= 0.6 is 0 Å². The Bertz CT molecular complexity index is 639. The van der Waals surface area contributed by atoms with Gasteiger partial charge in [0.2, 0.25) is 11.8 Å². The average Bonchev–Trinajstić information content (AvgIpc) is 2.92. The van der Waals surface area contributed by atoms with E-state index in [1.54, 1.807) is 9.58 Å². The molecule has 7 heteroatoms. The lowest BCUT2D eigenvalue weighted by Gasteiger charge is -2.41. The van der Waals surface area contributed by atoms with Crippen molar-refractivity contribution in [2.24, 2.45) is 18.9 Å². The number of aromatic nitrogens is 3. The summed E-state index contributed by atoms with van der Waals surface area (Å²) in [5.41, 5.74) is 2.06. The quantitative estimate of drug-likeness (QED) is 0.814. The van der Waals surface area contributed by atoms with Crippen LogP contribution in [-0.4, -0.2) is 62.3 Å². The molecule has 2 amide bonds. The van der Waals surface area contributed by atoms with Gasteiger partial charge in [0.05, 0.1) is 11.4 Å². The molecule has 1 aliphatic carbocycles. The molecule has 1 aliphatic heterocycles. The van der Waals surface area contributed by atoms with Gasteiger partial charge in [-0.15, -0.1) is 5.10 Å². The zero-order valence-corrected chi connectivity index (χ0v) is 15.0. The second-order valence-corrected chi connectivity index (χ2v) is 7.43. The lowest BCUT2D eigenvalue weighted by Crippen LogP contribution is -2.59. The molecule has 2 heterocycles. The van der Waals surface area contributed by atoms with Gasteiger partial charge in [0.1, 0.15) is 6.04 Å². The Kier molecular flexibility index (Phi) is 4.60. The standard InChI is InChI=1S/C17H27N5O2/c1-11(2)10-21-7-8-22(12(3)16(21)23)17(24)13-5-6-14-15(9-13)20(4)19-18-14/h11-13H,5-10H2,1-4H3. The van der Waals surface area contributed by atoms with E-state index in [1.165, 1.54) is 0 Å². The van der Waals surface area contributed by atoms with E-state index in [4.69, 9.17) is 0 Å². The molecule has 24 heavy (non-hydrogen) atoms. The van der Waals surface area contributed by atoms with Crippen molar-refractivity contribution in [2.75, 3.05) is 19.6 Å². The lowest BCUT2D eigenvalue weighted by molar-refractivity contribution is -0.153. The van der Waals surface area contributed by atoms with Crippen LogP contribution in [0.25, 0.3) is 0 Å². The third-order valence-corrected chi connectivity index (χ3v) is 5.16. The van der Waals surface area contributed by atoms with Crippen LogP contribution in [0.5, 0.6) is 0 Å². The fourth-order valence-electron chi connectivity index (χ4n) is 3.81. The Morgan fingerprint density at radius 1 is 1.33 bits per heavy atom. The first-order valence-electron chi connectivity index (χ1n) is 8.85. The summed E-state index contributed by atoms with van der Waals surface area (Å²) in [6, 6.07) is -0.365. The third kappa shape index (κ3) is 3.03. The summed E-state index contributed by atoms with van der Waals surface area (Å²) in [5.74, 6) is 0.549. The molecule has 1 saturated heterocycles. The summed E-state index contributed by atoms with van der Waals surface area (Å²) in [7, 11) is 1.87. The number of rotatable bonds is 3. The predicted molar refractivity (Wildman–Crippen MR) is 89.1 cm³/mol. The molecular formula is C17H27N5O2. The van der Waals surface area contributed by atoms with Crippen molar-refractivity contribution < 1.29 is 9.59 Å². The van der Waals surface area contributed by atoms with Crippen LogP contribution in [0.1, 0.15) is 38.6 Å². The predicted octanol–water partition coefficient (Wildman–Crippen LogP) is 0.635. The largest absolute Gasteiger partial charge is 0.339 e. The molecule has 2 unspecified atom stereocenters. The van der Waals surface area contributed by atoms with Gasteiger partial charge in [0, 0.05) is 39.0 Å². The van der Waals surface area contributed by atoms with E-state index in [0.29, 0.717) is 25.4 Å². The number of hydrogen-bond acceptors (Lipinski definition) is 4. The van der Waals surface area contributed by atoms with E-state index in [1.807, 2.05) is 18.9 Å². The van der Waals surface area contributed by atoms with E-state index in [9.17, 15) is 9.59 Å². The maximum Gasteiger partial charge on any atom is 0.245 e. The van der Waals surface area contributed by atoms with Gasteiger partial charge in [-0.3, -0.25) is 14.3 Å². The van der Waals surface area contributed by atoms with E-state index in [0.717, 1.165) is 30.8 Å². The summed E-state index contributed by atoms with van der Waals surface area (Å²) in [4.78, 5) is 29.2. The van der Waals surface area contributed by atoms with E-state index in [2.05, 4.69) is 24.2 Å². The van der Waals surface area contributed by atoms with Gasteiger partial charge in [-0.2, -0.15) is 0 Å². The van der Waals surface area contributed by atoms with Crippen molar-refractivity contribution in [3.05, 3.63) is 11.4 Å². The second-order valence-electron chi connectivity index (χ2n) is 7.43. The summed E-state index contributed by atoms with van der Waals surface area (Å²) in [5, 5.41) is 8.20. The minimum Gasteiger partial charge on any atom is -0.339 e. The normalized spacial score (nSPS) is 24.5. The first-order chi connectivity index (χ1) is 11.4. The van der Waals surface area contributed by atoms with E-state index in [-0.39, 0.29) is 23.8 Å². The number of hydrogen-bond donors (Lipinski definition) is 0. The molecule has 0 radical (unpaired) electrons. The number of amides is 2. The lowest BCUT2D eigenvalue weighted by atomic mass is 9.88. The highest BCUT2D eigenvalue weighted by molar-refractivity contribution is 5.89. The topological polar surface area (TPSA) is 71.3 Å². The minimum absolute atomic E-state index is 0.0680. The molecule has 7 nitrogen and oxygen atoms in total. The Labute approximate surface area is 143 Å². The smallest absolute Gasteiger partial charge is 0.245 e. The molecule has 0 N–H and O–H groups in total. The molecule has 2 atom stereocenters. The molecule has 0 aromatic carbocycles. The van der Waals surface area contributed by atoms with Crippen LogP contribution in [-0.2, 0) is 29.5 Å². The fraction of sp³-hybridized carbons (Fsp3) is 0.765. The number of aryl methyl sites for hydroxylation is 2. The van der Waals surface area contributed by atoms with E-state index >= 15 is 0 Å². The first-order valence-corrected chi connectivity index (χ1v) is 8.85. The highest BCUT2D eigenvalue weighted by Gasteiger charge is 2.38. The number of nitrogens with zero attached hydrogens (tertiary/aromatic N) is 5. The van der Waals surface area contributed by atoms with Crippen molar-refractivity contribution in [2.45, 2.75) is 46.1 Å². The number of carbonyl (C=O) groups is 2. The van der Waals surface area contributed by atoms with Crippen LogP contribution in [0.2, 0.25) is 0 Å². The third-order valence-electron chi connectivity index (χ3n) is 5.16. The van der Waals surface area contributed by atoms with Crippen molar-refractivity contribution in [3.8, 4) is 0 Å². The first kappa shape index (κ1) is 16.9. The molecule has 1 aromatic heterocycles.